The molecule has 0 aliphatic heterocycles. The van der Waals surface area contributed by atoms with Crippen LogP contribution in [-0.2, 0) is 4.74 Å². The number of alkyl halides is 4. The first-order chi connectivity index (χ1) is 6.39. The van der Waals surface area contributed by atoms with E-state index in [1.165, 1.54) is 12.0 Å². The van der Waals surface area contributed by atoms with Crippen molar-refractivity contribution in [2.45, 2.75) is 19.2 Å². The summed E-state index contributed by atoms with van der Waals surface area (Å²) >= 11 is 3.12. The van der Waals surface area contributed by atoms with Crippen molar-refractivity contribution in [2.24, 2.45) is 0 Å². The van der Waals surface area contributed by atoms with Gasteiger partial charge in [-0.3, -0.25) is 4.90 Å². The molecular formula is C8H15BrF3NO. The number of ether oxygens (including phenoxy) is 1. The maximum Gasteiger partial charge on any atom is 0.401 e. The first-order valence-corrected chi connectivity index (χ1v) is 5.39. The van der Waals surface area contributed by atoms with Crippen LogP contribution in [0.15, 0.2) is 0 Å². The Balaban J connectivity index is 4.01. The molecule has 1 unspecified atom stereocenters. The summed E-state index contributed by atoms with van der Waals surface area (Å²) < 4.78 is 41.2. The van der Waals surface area contributed by atoms with Gasteiger partial charge in [-0.15, -0.1) is 0 Å². The summed E-state index contributed by atoms with van der Waals surface area (Å²) in [5, 5.41) is 0.527. The topological polar surface area (TPSA) is 12.5 Å². The lowest BCUT2D eigenvalue weighted by atomic mass is 10.3. The second-order valence-corrected chi connectivity index (χ2v) is 3.88. The van der Waals surface area contributed by atoms with Gasteiger partial charge in [0.15, 0.2) is 0 Å². The summed E-state index contributed by atoms with van der Waals surface area (Å²) in [6.07, 6.45) is -4.33. The molecular weight excluding hydrogens is 263 g/mol. The monoisotopic (exact) mass is 277 g/mol. The quantitative estimate of drug-likeness (QED) is 0.691. The Hall–Kier alpha value is 0.190. The van der Waals surface area contributed by atoms with Gasteiger partial charge < -0.3 is 4.74 Å². The van der Waals surface area contributed by atoms with Crippen molar-refractivity contribution in [2.75, 3.05) is 32.1 Å². The fourth-order valence-corrected chi connectivity index (χ4v) is 1.55. The Bertz CT molecular complexity index is 154. The van der Waals surface area contributed by atoms with Crippen LogP contribution in [0.2, 0.25) is 0 Å². The van der Waals surface area contributed by atoms with Crippen LogP contribution in [0.1, 0.15) is 6.92 Å². The highest BCUT2D eigenvalue weighted by molar-refractivity contribution is 9.09. The fraction of sp³-hybridized carbons (Fsp3) is 1.00. The Kier molecular flexibility index (Phi) is 6.72. The zero-order chi connectivity index (χ0) is 11.2. The highest BCUT2D eigenvalue weighted by Gasteiger charge is 2.30. The first kappa shape index (κ1) is 14.2. The van der Waals surface area contributed by atoms with Crippen LogP contribution < -0.4 is 0 Å². The molecule has 0 aromatic heterocycles. The number of methoxy groups -OCH3 is 1. The molecule has 0 aromatic carbocycles. The van der Waals surface area contributed by atoms with Crippen molar-refractivity contribution >= 4 is 15.9 Å². The van der Waals surface area contributed by atoms with Crippen LogP contribution >= 0.6 is 15.9 Å². The Morgan fingerprint density at radius 3 is 2.36 bits per heavy atom. The van der Waals surface area contributed by atoms with Crippen molar-refractivity contribution in [3.63, 3.8) is 0 Å². The Morgan fingerprint density at radius 1 is 1.43 bits per heavy atom. The van der Waals surface area contributed by atoms with E-state index in [4.69, 9.17) is 4.74 Å². The number of rotatable bonds is 6. The van der Waals surface area contributed by atoms with E-state index in [1.54, 1.807) is 6.92 Å². The molecule has 0 heterocycles. The lowest BCUT2D eigenvalue weighted by Crippen LogP contribution is -2.40. The van der Waals surface area contributed by atoms with Gasteiger partial charge in [0.1, 0.15) is 0 Å². The molecule has 0 saturated heterocycles. The largest absolute Gasteiger partial charge is 0.401 e. The highest BCUT2D eigenvalue weighted by Crippen LogP contribution is 2.16. The standard InChI is InChI=1S/C8H15BrF3NO/c1-7(14-2)5-13(4-3-9)6-8(10,11)12/h7H,3-6H2,1-2H3. The maximum atomic E-state index is 12.1. The van der Waals surface area contributed by atoms with Gasteiger partial charge in [0.05, 0.1) is 12.6 Å². The van der Waals surface area contributed by atoms with Gasteiger partial charge in [0.2, 0.25) is 0 Å². The summed E-state index contributed by atoms with van der Waals surface area (Å²) in [6, 6.07) is 0. The summed E-state index contributed by atoms with van der Waals surface area (Å²) in [7, 11) is 1.49. The van der Waals surface area contributed by atoms with E-state index in [0.717, 1.165) is 0 Å². The van der Waals surface area contributed by atoms with Crippen molar-refractivity contribution in [3.05, 3.63) is 0 Å². The van der Waals surface area contributed by atoms with Crippen molar-refractivity contribution in [1.82, 2.24) is 4.90 Å². The lowest BCUT2D eigenvalue weighted by molar-refractivity contribution is -0.148. The highest BCUT2D eigenvalue weighted by atomic mass is 79.9. The predicted octanol–water partition coefficient (Wildman–Crippen LogP) is 2.28. The van der Waals surface area contributed by atoms with Crippen LogP contribution in [0.5, 0.6) is 0 Å². The van der Waals surface area contributed by atoms with Gasteiger partial charge >= 0.3 is 6.18 Å². The molecule has 86 valence electrons. The van der Waals surface area contributed by atoms with Gasteiger partial charge in [-0.1, -0.05) is 15.9 Å². The van der Waals surface area contributed by atoms with E-state index in [9.17, 15) is 13.2 Å². The van der Waals surface area contributed by atoms with Crippen molar-refractivity contribution in [1.29, 1.82) is 0 Å². The molecule has 0 aromatic rings. The van der Waals surface area contributed by atoms with Crippen molar-refractivity contribution in [3.8, 4) is 0 Å². The molecule has 0 amide bonds. The molecule has 0 radical (unpaired) electrons. The Morgan fingerprint density at radius 2 is 2.00 bits per heavy atom. The van der Waals surface area contributed by atoms with Crippen LogP contribution in [0.4, 0.5) is 13.2 Å². The van der Waals surface area contributed by atoms with E-state index in [2.05, 4.69) is 15.9 Å². The van der Waals surface area contributed by atoms with Gasteiger partial charge in [-0.05, 0) is 6.92 Å². The van der Waals surface area contributed by atoms with Gasteiger partial charge in [-0.25, -0.2) is 0 Å². The third-order valence-electron chi connectivity index (χ3n) is 1.72. The van der Waals surface area contributed by atoms with Gasteiger partial charge in [-0.2, -0.15) is 13.2 Å². The Labute approximate surface area is 90.5 Å². The minimum absolute atomic E-state index is 0.184. The zero-order valence-electron chi connectivity index (χ0n) is 8.27. The molecule has 0 bridgehead atoms. The van der Waals surface area contributed by atoms with E-state index >= 15 is 0 Å². The normalized spacial score (nSPS) is 14.8. The van der Waals surface area contributed by atoms with Crippen LogP contribution in [0, 0.1) is 0 Å². The van der Waals surface area contributed by atoms with Crippen LogP contribution in [0.25, 0.3) is 0 Å². The minimum Gasteiger partial charge on any atom is -0.380 e. The number of hydrogen-bond donors (Lipinski definition) is 0. The van der Waals surface area contributed by atoms with Gasteiger partial charge in [0, 0.05) is 25.5 Å². The second-order valence-electron chi connectivity index (χ2n) is 3.09. The minimum atomic E-state index is -4.14. The average Bonchev–Trinajstić information content (AvgIpc) is 2.01. The molecule has 0 N–H and O–H groups in total. The van der Waals surface area contributed by atoms with Crippen molar-refractivity contribution < 1.29 is 17.9 Å². The van der Waals surface area contributed by atoms with Gasteiger partial charge in [0.25, 0.3) is 0 Å². The number of nitrogens with zero attached hydrogens (tertiary/aromatic N) is 1. The molecule has 6 heteroatoms. The predicted molar refractivity (Wildman–Crippen MR) is 52.8 cm³/mol. The van der Waals surface area contributed by atoms with Crippen LogP contribution in [-0.4, -0.2) is 49.3 Å². The molecule has 14 heavy (non-hydrogen) atoms. The smallest absolute Gasteiger partial charge is 0.380 e. The summed E-state index contributed by atoms with van der Waals surface area (Å²) in [5.41, 5.74) is 0. The first-order valence-electron chi connectivity index (χ1n) is 4.27. The maximum absolute atomic E-state index is 12.1. The molecule has 1 atom stereocenters. The summed E-state index contributed by atoms with van der Waals surface area (Å²) in [4.78, 5) is 1.32. The van der Waals surface area contributed by atoms with E-state index < -0.39 is 12.7 Å². The van der Waals surface area contributed by atoms with E-state index in [0.29, 0.717) is 18.4 Å². The number of halogens is 4. The second kappa shape index (κ2) is 6.63. The molecule has 0 aliphatic rings. The third kappa shape index (κ3) is 7.58. The van der Waals surface area contributed by atoms with E-state index in [1.807, 2.05) is 0 Å². The molecule has 0 saturated carbocycles. The lowest BCUT2D eigenvalue weighted by Gasteiger charge is -2.25. The zero-order valence-corrected chi connectivity index (χ0v) is 9.86. The van der Waals surface area contributed by atoms with E-state index in [-0.39, 0.29) is 6.10 Å². The molecule has 0 spiro atoms. The third-order valence-corrected chi connectivity index (χ3v) is 2.08. The molecule has 2 nitrogen and oxygen atoms in total. The molecule has 0 fully saturated rings. The fourth-order valence-electron chi connectivity index (χ4n) is 1.05. The van der Waals surface area contributed by atoms with Crippen LogP contribution in [0.3, 0.4) is 0 Å². The molecule has 0 aliphatic carbocycles. The number of hydrogen-bond acceptors (Lipinski definition) is 2. The SMILES string of the molecule is COC(C)CN(CCBr)CC(F)(F)F. The average molecular weight is 278 g/mol. The summed E-state index contributed by atoms with van der Waals surface area (Å²) in [5.74, 6) is 0. The summed E-state index contributed by atoms with van der Waals surface area (Å²) in [6.45, 7) is 1.53. The molecule has 0 rings (SSSR count).